The second kappa shape index (κ2) is 8.68. The van der Waals surface area contributed by atoms with E-state index in [1.807, 2.05) is 24.3 Å². The Balaban J connectivity index is 1.49. The molecule has 29 heavy (non-hydrogen) atoms. The van der Waals surface area contributed by atoms with Gasteiger partial charge in [-0.25, -0.2) is 0 Å². The Morgan fingerprint density at radius 1 is 1.17 bits per heavy atom. The molecular formula is C22H22ClN3O3. The average molecular weight is 412 g/mol. The molecule has 2 aromatic heterocycles. The summed E-state index contributed by atoms with van der Waals surface area (Å²) >= 11 is 5.87. The molecule has 150 valence electrons. The van der Waals surface area contributed by atoms with Gasteiger partial charge < -0.3 is 14.5 Å². The number of pyridine rings is 2. The van der Waals surface area contributed by atoms with Crippen molar-refractivity contribution in [1.29, 1.82) is 0 Å². The van der Waals surface area contributed by atoms with Gasteiger partial charge in [-0.1, -0.05) is 30.7 Å². The van der Waals surface area contributed by atoms with Crippen molar-refractivity contribution in [2.24, 2.45) is 0 Å². The summed E-state index contributed by atoms with van der Waals surface area (Å²) in [6.45, 7) is 5.33. The van der Waals surface area contributed by atoms with Crippen LogP contribution >= 0.6 is 11.6 Å². The lowest BCUT2D eigenvalue weighted by molar-refractivity contribution is 0.0238. The van der Waals surface area contributed by atoms with Crippen LogP contribution in [0.25, 0.3) is 11.1 Å². The minimum atomic E-state index is -0.210. The highest BCUT2D eigenvalue weighted by Crippen LogP contribution is 2.29. The molecule has 1 aliphatic heterocycles. The van der Waals surface area contributed by atoms with Gasteiger partial charge in [-0.2, -0.15) is 0 Å². The predicted octanol–water partition coefficient (Wildman–Crippen LogP) is 3.75. The van der Waals surface area contributed by atoms with Gasteiger partial charge in [-0.3, -0.25) is 14.7 Å². The number of rotatable bonds is 7. The van der Waals surface area contributed by atoms with Crippen LogP contribution in [0.1, 0.15) is 12.6 Å². The van der Waals surface area contributed by atoms with Gasteiger partial charge in [-0.15, -0.1) is 0 Å². The van der Waals surface area contributed by atoms with Crippen LogP contribution in [0, 0.1) is 0 Å². The molecule has 0 unspecified atom stereocenters. The first kappa shape index (κ1) is 19.5. The van der Waals surface area contributed by atoms with Crippen molar-refractivity contribution < 1.29 is 9.47 Å². The number of aromatic amines is 1. The van der Waals surface area contributed by atoms with Crippen LogP contribution in [0.2, 0.25) is 5.02 Å². The van der Waals surface area contributed by atoms with Crippen molar-refractivity contribution in [2.75, 3.05) is 19.6 Å². The Bertz CT molecular complexity index is 1010. The summed E-state index contributed by atoms with van der Waals surface area (Å²) in [7, 11) is 0. The minimum absolute atomic E-state index is 0.210. The van der Waals surface area contributed by atoms with Gasteiger partial charge in [0.25, 0.3) is 5.56 Å². The fraction of sp³-hybridized carbons (Fsp3) is 0.273. The Hall–Kier alpha value is -2.83. The molecule has 0 radical (unpaired) electrons. The quantitative estimate of drug-likeness (QED) is 0.641. The first-order valence-electron chi connectivity index (χ1n) is 9.56. The van der Waals surface area contributed by atoms with E-state index in [0.29, 0.717) is 16.3 Å². The van der Waals surface area contributed by atoms with Gasteiger partial charge in [-0.05, 0) is 42.4 Å². The van der Waals surface area contributed by atoms with Crippen LogP contribution in [0.15, 0.2) is 59.7 Å². The van der Waals surface area contributed by atoms with E-state index in [1.54, 1.807) is 30.6 Å². The smallest absolute Gasteiger partial charge is 0.259 e. The van der Waals surface area contributed by atoms with Crippen molar-refractivity contribution in [3.8, 4) is 22.6 Å². The molecule has 3 aromatic rings. The second-order valence-electron chi connectivity index (χ2n) is 6.92. The molecule has 0 atom stereocenters. The molecule has 0 saturated carbocycles. The van der Waals surface area contributed by atoms with Gasteiger partial charge in [0.2, 0.25) is 0 Å². The van der Waals surface area contributed by atoms with E-state index in [9.17, 15) is 4.79 Å². The fourth-order valence-electron chi connectivity index (χ4n) is 3.25. The van der Waals surface area contributed by atoms with E-state index in [1.165, 1.54) is 0 Å². The molecule has 1 aromatic carbocycles. The van der Waals surface area contributed by atoms with Gasteiger partial charge in [0.15, 0.2) is 0 Å². The summed E-state index contributed by atoms with van der Waals surface area (Å²) in [5, 5.41) is 0.567. The summed E-state index contributed by atoms with van der Waals surface area (Å²) in [6.07, 6.45) is 3.37. The third kappa shape index (κ3) is 4.60. The Labute approximate surface area is 174 Å². The molecule has 1 N–H and O–H groups in total. The van der Waals surface area contributed by atoms with E-state index in [0.717, 1.165) is 36.6 Å². The number of benzene rings is 1. The molecule has 6 nitrogen and oxygen atoms in total. The number of nitrogens with one attached hydrogen (secondary N) is 1. The fourth-order valence-corrected chi connectivity index (χ4v) is 3.36. The Kier molecular flexibility index (Phi) is 5.83. The van der Waals surface area contributed by atoms with Crippen LogP contribution < -0.4 is 15.0 Å². The van der Waals surface area contributed by atoms with E-state index >= 15 is 0 Å². The molecule has 1 fully saturated rings. The number of ether oxygens (including phenoxy) is 2. The van der Waals surface area contributed by atoms with E-state index in [2.05, 4.69) is 21.8 Å². The summed E-state index contributed by atoms with van der Waals surface area (Å²) in [6, 6.07) is 12.8. The van der Waals surface area contributed by atoms with Gasteiger partial charge in [0.05, 0.1) is 16.3 Å². The van der Waals surface area contributed by atoms with E-state index in [4.69, 9.17) is 21.1 Å². The average Bonchev–Trinajstić information content (AvgIpc) is 2.70. The third-order valence-corrected chi connectivity index (χ3v) is 5.13. The van der Waals surface area contributed by atoms with Gasteiger partial charge >= 0.3 is 0 Å². The SMILES string of the molecule is CCN1CC(Oc2ccc(-c3c(OCc4ccc(Cl)cn4)cc[nH]c3=O)cc2)C1. The minimum Gasteiger partial charge on any atom is -0.488 e. The zero-order valence-corrected chi connectivity index (χ0v) is 16.9. The van der Waals surface area contributed by atoms with Crippen LogP contribution in [0.3, 0.4) is 0 Å². The van der Waals surface area contributed by atoms with E-state index in [-0.39, 0.29) is 18.3 Å². The summed E-state index contributed by atoms with van der Waals surface area (Å²) in [4.78, 5) is 21.7. The second-order valence-corrected chi connectivity index (χ2v) is 7.36. The van der Waals surface area contributed by atoms with Crippen LogP contribution in [0.5, 0.6) is 11.5 Å². The molecule has 0 spiro atoms. The van der Waals surface area contributed by atoms with Crippen LogP contribution in [0.4, 0.5) is 0 Å². The molecule has 4 rings (SSSR count). The highest BCUT2D eigenvalue weighted by Gasteiger charge is 2.26. The van der Waals surface area contributed by atoms with Gasteiger partial charge in [0.1, 0.15) is 24.2 Å². The molecular weight excluding hydrogens is 390 g/mol. The zero-order chi connectivity index (χ0) is 20.2. The summed E-state index contributed by atoms with van der Waals surface area (Å²) in [5.41, 5.74) is 1.76. The molecule has 0 bridgehead atoms. The first-order valence-corrected chi connectivity index (χ1v) is 9.94. The molecule has 3 heterocycles. The molecule has 0 amide bonds. The molecule has 0 aliphatic carbocycles. The van der Waals surface area contributed by atoms with Crippen molar-refractivity contribution in [1.82, 2.24) is 14.9 Å². The van der Waals surface area contributed by atoms with Crippen molar-refractivity contribution in [3.63, 3.8) is 0 Å². The highest BCUT2D eigenvalue weighted by molar-refractivity contribution is 6.30. The van der Waals surface area contributed by atoms with Crippen molar-refractivity contribution in [3.05, 3.63) is 75.9 Å². The molecule has 7 heteroatoms. The predicted molar refractivity (Wildman–Crippen MR) is 113 cm³/mol. The van der Waals surface area contributed by atoms with E-state index < -0.39 is 0 Å². The number of likely N-dealkylation sites (tertiary alicyclic amines) is 1. The maximum atomic E-state index is 12.5. The molecule has 1 aliphatic rings. The lowest BCUT2D eigenvalue weighted by Gasteiger charge is -2.38. The maximum Gasteiger partial charge on any atom is 0.259 e. The highest BCUT2D eigenvalue weighted by atomic mass is 35.5. The van der Waals surface area contributed by atoms with Crippen LogP contribution in [-0.4, -0.2) is 40.6 Å². The number of H-pyrrole nitrogens is 1. The number of halogens is 1. The lowest BCUT2D eigenvalue weighted by Crippen LogP contribution is -2.53. The van der Waals surface area contributed by atoms with Crippen molar-refractivity contribution >= 4 is 11.6 Å². The Morgan fingerprint density at radius 2 is 1.97 bits per heavy atom. The Morgan fingerprint density at radius 3 is 2.66 bits per heavy atom. The maximum absolute atomic E-state index is 12.5. The zero-order valence-electron chi connectivity index (χ0n) is 16.1. The monoisotopic (exact) mass is 411 g/mol. The number of aromatic nitrogens is 2. The van der Waals surface area contributed by atoms with Crippen molar-refractivity contribution in [2.45, 2.75) is 19.6 Å². The molecule has 1 saturated heterocycles. The summed E-state index contributed by atoms with van der Waals surface area (Å²) in [5.74, 6) is 1.30. The number of hydrogen-bond donors (Lipinski definition) is 1. The summed E-state index contributed by atoms with van der Waals surface area (Å²) < 4.78 is 11.9. The topological polar surface area (TPSA) is 67.5 Å². The number of nitrogens with zero attached hydrogens (tertiary/aromatic N) is 2. The standard InChI is InChI=1S/C22H22ClN3O3/c1-2-26-12-19(13-26)29-18-7-3-15(4-8-18)21-20(9-10-24-22(21)27)28-14-17-6-5-16(23)11-25-17/h3-11,19H,2,12-14H2,1H3,(H,24,27). The largest absolute Gasteiger partial charge is 0.488 e. The van der Waals surface area contributed by atoms with Crippen LogP contribution in [-0.2, 0) is 6.61 Å². The lowest BCUT2D eigenvalue weighted by atomic mass is 10.1. The third-order valence-electron chi connectivity index (χ3n) is 4.90. The number of hydrogen-bond acceptors (Lipinski definition) is 5. The number of likely N-dealkylation sites (N-methyl/N-ethyl adjacent to an activating group) is 1. The first-order chi connectivity index (χ1) is 14.1. The normalized spacial score (nSPS) is 14.4. The van der Waals surface area contributed by atoms with Gasteiger partial charge in [0, 0.05) is 25.5 Å².